The molecular weight excluding hydrogens is 460 g/mol. The van der Waals surface area contributed by atoms with E-state index in [0.717, 1.165) is 49.0 Å². The average Bonchev–Trinajstić information content (AvgIpc) is 3.68. The standard InChI is InChI=1S/C27H38N4O3S/c1-3-31(4-2)35(33,34)26-13-10-22(11-14-26)12-15-27(32)28-24-6-5-7-25(20-24)30-18-16-29(17-19-30)21-23-8-9-23/h5-7,10-11,13-14,20,23H,3-4,8-9,12,15-19,21H2,1-2H3,(H,28,32). The van der Waals surface area contributed by atoms with Gasteiger partial charge in [-0.2, -0.15) is 4.31 Å². The van der Waals surface area contributed by atoms with Crippen LogP contribution in [-0.2, 0) is 21.2 Å². The van der Waals surface area contributed by atoms with Crippen LogP contribution in [-0.4, -0.2) is 69.3 Å². The second-order valence-corrected chi connectivity index (χ2v) is 11.5. The molecule has 0 unspecified atom stereocenters. The van der Waals surface area contributed by atoms with Gasteiger partial charge in [0.1, 0.15) is 0 Å². The Bertz CT molecular complexity index is 1090. The maximum absolute atomic E-state index is 12.6. The van der Waals surface area contributed by atoms with Crippen LogP contribution >= 0.6 is 0 Å². The van der Waals surface area contributed by atoms with Crippen LogP contribution in [0, 0.1) is 5.92 Å². The summed E-state index contributed by atoms with van der Waals surface area (Å²) >= 11 is 0. The Labute approximate surface area is 210 Å². The fourth-order valence-electron chi connectivity index (χ4n) is 4.66. The Morgan fingerprint density at radius 2 is 1.69 bits per heavy atom. The van der Waals surface area contributed by atoms with E-state index >= 15 is 0 Å². The third-order valence-electron chi connectivity index (χ3n) is 6.99. The molecule has 0 atom stereocenters. The number of nitrogens with one attached hydrogen (secondary N) is 1. The first-order valence-electron chi connectivity index (χ1n) is 12.9. The summed E-state index contributed by atoms with van der Waals surface area (Å²) in [4.78, 5) is 17.8. The number of carbonyl (C=O) groups is 1. The molecule has 1 heterocycles. The Kier molecular flexibility index (Phi) is 8.46. The highest BCUT2D eigenvalue weighted by atomic mass is 32.2. The van der Waals surface area contributed by atoms with Crippen LogP contribution in [0.1, 0.15) is 38.7 Å². The Hall–Kier alpha value is -2.42. The van der Waals surface area contributed by atoms with E-state index in [1.165, 1.54) is 23.7 Å². The fraction of sp³-hybridized carbons (Fsp3) is 0.519. The number of anilines is 2. The van der Waals surface area contributed by atoms with Gasteiger partial charge >= 0.3 is 0 Å². The summed E-state index contributed by atoms with van der Waals surface area (Å²) in [6.45, 7) is 10.0. The maximum atomic E-state index is 12.6. The zero-order valence-corrected chi connectivity index (χ0v) is 21.8. The molecule has 2 aromatic rings. The molecule has 35 heavy (non-hydrogen) atoms. The van der Waals surface area contributed by atoms with Crippen molar-refractivity contribution in [2.75, 3.05) is 56.0 Å². The molecule has 1 amide bonds. The third kappa shape index (κ3) is 6.84. The lowest BCUT2D eigenvalue weighted by molar-refractivity contribution is -0.116. The van der Waals surface area contributed by atoms with Gasteiger partial charge in [0, 0.05) is 63.6 Å². The van der Waals surface area contributed by atoms with Gasteiger partial charge in [-0.25, -0.2) is 8.42 Å². The molecule has 2 aliphatic rings. The second-order valence-electron chi connectivity index (χ2n) is 9.56. The molecule has 190 valence electrons. The molecule has 8 heteroatoms. The van der Waals surface area contributed by atoms with Crippen molar-refractivity contribution in [2.45, 2.75) is 44.4 Å². The minimum atomic E-state index is -3.46. The number of aryl methyl sites for hydroxylation is 1. The topological polar surface area (TPSA) is 73.0 Å². The van der Waals surface area contributed by atoms with Crippen LogP contribution in [0.15, 0.2) is 53.4 Å². The number of piperazine rings is 1. The largest absolute Gasteiger partial charge is 0.369 e. The van der Waals surface area contributed by atoms with Crippen molar-refractivity contribution in [1.82, 2.24) is 9.21 Å². The number of amides is 1. The van der Waals surface area contributed by atoms with Crippen molar-refractivity contribution in [3.63, 3.8) is 0 Å². The normalized spacial score (nSPS) is 17.1. The van der Waals surface area contributed by atoms with Gasteiger partial charge in [-0.15, -0.1) is 0 Å². The van der Waals surface area contributed by atoms with Crippen molar-refractivity contribution >= 4 is 27.3 Å². The van der Waals surface area contributed by atoms with Crippen molar-refractivity contribution in [3.05, 3.63) is 54.1 Å². The minimum absolute atomic E-state index is 0.0451. The lowest BCUT2D eigenvalue weighted by atomic mass is 10.1. The minimum Gasteiger partial charge on any atom is -0.369 e. The van der Waals surface area contributed by atoms with Gasteiger partial charge < -0.3 is 10.2 Å². The number of hydrogen-bond donors (Lipinski definition) is 1. The first-order valence-corrected chi connectivity index (χ1v) is 14.3. The maximum Gasteiger partial charge on any atom is 0.243 e. The second kappa shape index (κ2) is 11.5. The summed E-state index contributed by atoms with van der Waals surface area (Å²) in [7, 11) is -3.46. The van der Waals surface area contributed by atoms with Crippen LogP contribution in [0.4, 0.5) is 11.4 Å². The molecule has 1 aliphatic heterocycles. The molecule has 0 aromatic heterocycles. The van der Waals surface area contributed by atoms with Crippen molar-refractivity contribution in [2.24, 2.45) is 5.92 Å². The number of rotatable bonds is 11. The van der Waals surface area contributed by atoms with Gasteiger partial charge in [0.15, 0.2) is 0 Å². The summed E-state index contributed by atoms with van der Waals surface area (Å²) in [5.74, 6) is 0.884. The third-order valence-corrected chi connectivity index (χ3v) is 9.05. The first-order chi connectivity index (χ1) is 16.9. The van der Waals surface area contributed by atoms with Gasteiger partial charge in [0.05, 0.1) is 4.90 Å². The van der Waals surface area contributed by atoms with E-state index in [1.54, 1.807) is 24.3 Å². The number of hydrogen-bond acceptors (Lipinski definition) is 5. The van der Waals surface area contributed by atoms with E-state index in [9.17, 15) is 13.2 Å². The van der Waals surface area contributed by atoms with Crippen LogP contribution in [0.2, 0.25) is 0 Å². The van der Waals surface area contributed by atoms with E-state index in [2.05, 4.69) is 27.2 Å². The molecule has 0 bridgehead atoms. The zero-order chi connectivity index (χ0) is 24.8. The van der Waals surface area contributed by atoms with Gasteiger partial charge in [-0.1, -0.05) is 32.0 Å². The molecule has 2 aromatic carbocycles. The van der Waals surface area contributed by atoms with Gasteiger partial charge in [0.2, 0.25) is 15.9 Å². The van der Waals surface area contributed by atoms with Gasteiger partial charge in [-0.05, 0) is 61.1 Å². The molecule has 0 radical (unpaired) electrons. The lowest BCUT2D eigenvalue weighted by Gasteiger charge is -2.36. The van der Waals surface area contributed by atoms with Gasteiger partial charge in [0.25, 0.3) is 0 Å². The van der Waals surface area contributed by atoms with Crippen molar-refractivity contribution in [1.29, 1.82) is 0 Å². The molecule has 1 aliphatic carbocycles. The lowest BCUT2D eigenvalue weighted by Crippen LogP contribution is -2.47. The van der Waals surface area contributed by atoms with E-state index in [0.29, 0.717) is 30.8 Å². The molecule has 0 spiro atoms. The highest BCUT2D eigenvalue weighted by Gasteiger charge is 2.26. The SMILES string of the molecule is CCN(CC)S(=O)(=O)c1ccc(CCC(=O)Nc2cccc(N3CCN(CC4CC4)CC3)c2)cc1. The molecule has 1 saturated heterocycles. The van der Waals surface area contributed by atoms with Crippen LogP contribution in [0.5, 0.6) is 0 Å². The van der Waals surface area contributed by atoms with E-state index < -0.39 is 10.0 Å². The Morgan fingerprint density at radius 3 is 2.31 bits per heavy atom. The molecule has 2 fully saturated rings. The van der Waals surface area contributed by atoms with E-state index in [1.807, 2.05) is 26.0 Å². The van der Waals surface area contributed by atoms with E-state index in [-0.39, 0.29) is 5.91 Å². The molecule has 1 saturated carbocycles. The summed E-state index contributed by atoms with van der Waals surface area (Å²) in [5, 5.41) is 3.02. The fourth-order valence-corrected chi connectivity index (χ4v) is 6.11. The quantitative estimate of drug-likeness (QED) is 0.510. The number of benzene rings is 2. The smallest absolute Gasteiger partial charge is 0.243 e. The Balaban J connectivity index is 1.27. The Morgan fingerprint density at radius 1 is 1.00 bits per heavy atom. The van der Waals surface area contributed by atoms with Crippen LogP contribution in [0.25, 0.3) is 0 Å². The van der Waals surface area contributed by atoms with E-state index in [4.69, 9.17) is 0 Å². The monoisotopic (exact) mass is 498 g/mol. The molecular formula is C27H38N4O3S. The van der Waals surface area contributed by atoms with Crippen molar-refractivity contribution in [3.8, 4) is 0 Å². The number of nitrogens with zero attached hydrogens (tertiary/aromatic N) is 3. The predicted octanol–water partition coefficient (Wildman–Crippen LogP) is 3.82. The number of carbonyl (C=O) groups excluding carboxylic acids is 1. The predicted molar refractivity (Wildman–Crippen MR) is 141 cm³/mol. The summed E-state index contributed by atoms with van der Waals surface area (Å²) < 4.78 is 26.7. The van der Waals surface area contributed by atoms with Gasteiger partial charge in [-0.3, -0.25) is 9.69 Å². The molecule has 4 rings (SSSR count). The summed E-state index contributed by atoms with van der Waals surface area (Å²) in [6, 6.07) is 15.0. The zero-order valence-electron chi connectivity index (χ0n) is 20.9. The highest BCUT2D eigenvalue weighted by molar-refractivity contribution is 7.89. The first kappa shape index (κ1) is 25.7. The molecule has 1 N–H and O–H groups in total. The average molecular weight is 499 g/mol. The highest BCUT2D eigenvalue weighted by Crippen LogP contribution is 2.30. The van der Waals surface area contributed by atoms with Crippen LogP contribution < -0.4 is 10.2 Å². The molecule has 7 nitrogen and oxygen atoms in total. The van der Waals surface area contributed by atoms with Crippen LogP contribution in [0.3, 0.4) is 0 Å². The summed E-state index contributed by atoms with van der Waals surface area (Å²) in [5.41, 5.74) is 2.91. The number of sulfonamides is 1. The van der Waals surface area contributed by atoms with Crippen molar-refractivity contribution < 1.29 is 13.2 Å². The summed E-state index contributed by atoms with van der Waals surface area (Å²) in [6.07, 6.45) is 3.68.